The number of aliphatic hydroxyl groups excluding tert-OH is 1. The van der Waals surface area contributed by atoms with Gasteiger partial charge in [-0.05, 0) is 25.0 Å². The zero-order chi connectivity index (χ0) is 12.2. The van der Waals surface area contributed by atoms with E-state index in [1.807, 2.05) is 19.9 Å². The summed E-state index contributed by atoms with van der Waals surface area (Å²) in [5.41, 5.74) is 1.81. The highest BCUT2D eigenvalue weighted by atomic mass is 35.5. The molecular weight excluding hydrogens is 224 g/mol. The third-order valence-electron chi connectivity index (χ3n) is 3.04. The molecule has 0 aromatic carbocycles. The van der Waals surface area contributed by atoms with Crippen LogP contribution in [0.2, 0.25) is 5.15 Å². The number of hydrogen-bond donors (Lipinski definition) is 2. The van der Waals surface area contributed by atoms with Gasteiger partial charge in [0.15, 0.2) is 5.15 Å². The molecular formula is C12H19ClN2O. The summed E-state index contributed by atoms with van der Waals surface area (Å²) in [6.45, 7) is 6.94. The second-order valence-corrected chi connectivity index (χ2v) is 4.83. The maximum Gasteiger partial charge on any atom is 0.152 e. The molecule has 0 bridgehead atoms. The molecule has 0 aliphatic carbocycles. The Morgan fingerprint density at radius 3 is 2.75 bits per heavy atom. The fourth-order valence-corrected chi connectivity index (χ4v) is 1.60. The van der Waals surface area contributed by atoms with E-state index in [2.05, 4.69) is 17.2 Å². The van der Waals surface area contributed by atoms with Gasteiger partial charge in [-0.25, -0.2) is 4.98 Å². The average Bonchev–Trinajstić information content (AvgIpc) is 2.28. The third kappa shape index (κ3) is 3.09. The molecule has 1 rings (SSSR count). The summed E-state index contributed by atoms with van der Waals surface area (Å²) in [5.74, 6) is 0. The molecule has 1 atom stereocenters. The minimum atomic E-state index is -0.119. The standard InChI is InChI=1S/C12H19ClN2O/c1-4-12(3,8-16)7-15-10-9(2)5-6-14-11(10)13/h5-6,15-16H,4,7-8H2,1-3H3. The van der Waals surface area contributed by atoms with Gasteiger partial charge in [0.25, 0.3) is 0 Å². The molecule has 90 valence electrons. The highest BCUT2D eigenvalue weighted by molar-refractivity contribution is 6.32. The predicted octanol–water partition coefficient (Wildman–Crippen LogP) is 2.86. The van der Waals surface area contributed by atoms with Crippen LogP contribution in [-0.2, 0) is 0 Å². The molecule has 1 aromatic rings. The maximum atomic E-state index is 9.31. The van der Waals surface area contributed by atoms with Gasteiger partial charge < -0.3 is 10.4 Å². The van der Waals surface area contributed by atoms with Gasteiger partial charge in [-0.15, -0.1) is 0 Å². The summed E-state index contributed by atoms with van der Waals surface area (Å²) >= 11 is 6.01. The first-order valence-electron chi connectivity index (χ1n) is 5.48. The van der Waals surface area contributed by atoms with Crippen LogP contribution in [0.5, 0.6) is 0 Å². The van der Waals surface area contributed by atoms with Crippen LogP contribution in [0.1, 0.15) is 25.8 Å². The predicted molar refractivity (Wildman–Crippen MR) is 68.0 cm³/mol. The Hall–Kier alpha value is -0.800. The van der Waals surface area contributed by atoms with Crippen molar-refractivity contribution in [3.05, 3.63) is 23.0 Å². The van der Waals surface area contributed by atoms with E-state index in [4.69, 9.17) is 11.6 Å². The van der Waals surface area contributed by atoms with Gasteiger partial charge in [0.05, 0.1) is 12.3 Å². The molecule has 0 aliphatic heterocycles. The summed E-state index contributed by atoms with van der Waals surface area (Å²) in [6, 6.07) is 1.91. The summed E-state index contributed by atoms with van der Waals surface area (Å²) in [5, 5.41) is 13.1. The number of halogens is 1. The van der Waals surface area contributed by atoms with Crippen molar-refractivity contribution in [3.8, 4) is 0 Å². The van der Waals surface area contributed by atoms with E-state index in [0.29, 0.717) is 11.7 Å². The Kier molecular flexibility index (Phi) is 4.56. The smallest absolute Gasteiger partial charge is 0.152 e. The first kappa shape index (κ1) is 13.3. The van der Waals surface area contributed by atoms with E-state index in [1.54, 1.807) is 6.20 Å². The fourth-order valence-electron chi connectivity index (χ4n) is 1.33. The average molecular weight is 243 g/mol. The van der Waals surface area contributed by atoms with Gasteiger partial charge in [-0.1, -0.05) is 25.4 Å². The SMILES string of the molecule is CCC(C)(CO)CNc1c(C)ccnc1Cl. The molecule has 16 heavy (non-hydrogen) atoms. The molecule has 0 aliphatic rings. The van der Waals surface area contributed by atoms with Gasteiger partial charge >= 0.3 is 0 Å². The van der Waals surface area contributed by atoms with Crippen molar-refractivity contribution in [2.24, 2.45) is 5.41 Å². The third-order valence-corrected chi connectivity index (χ3v) is 3.33. The number of aliphatic hydroxyl groups is 1. The topological polar surface area (TPSA) is 45.1 Å². The highest BCUT2D eigenvalue weighted by Crippen LogP contribution is 2.26. The quantitative estimate of drug-likeness (QED) is 0.781. The van der Waals surface area contributed by atoms with E-state index < -0.39 is 0 Å². The molecule has 2 N–H and O–H groups in total. The summed E-state index contributed by atoms with van der Waals surface area (Å²) in [6.07, 6.45) is 2.60. The van der Waals surface area contributed by atoms with Crippen LogP contribution in [0.25, 0.3) is 0 Å². The lowest BCUT2D eigenvalue weighted by molar-refractivity contribution is 0.149. The largest absolute Gasteiger partial charge is 0.396 e. The van der Waals surface area contributed by atoms with Crippen LogP contribution in [-0.4, -0.2) is 23.2 Å². The Balaban J connectivity index is 2.75. The molecule has 1 heterocycles. The van der Waals surface area contributed by atoms with E-state index in [1.165, 1.54) is 0 Å². The van der Waals surface area contributed by atoms with Crippen LogP contribution in [0.15, 0.2) is 12.3 Å². The molecule has 1 aromatic heterocycles. The molecule has 0 fully saturated rings. The van der Waals surface area contributed by atoms with E-state index in [-0.39, 0.29) is 12.0 Å². The number of rotatable bonds is 5. The number of nitrogens with one attached hydrogen (secondary N) is 1. The van der Waals surface area contributed by atoms with Crippen LogP contribution >= 0.6 is 11.6 Å². The van der Waals surface area contributed by atoms with Gasteiger partial charge in [0.1, 0.15) is 0 Å². The van der Waals surface area contributed by atoms with Crippen molar-refractivity contribution >= 4 is 17.3 Å². The van der Waals surface area contributed by atoms with Crippen LogP contribution in [0, 0.1) is 12.3 Å². The summed E-state index contributed by atoms with van der Waals surface area (Å²) in [4.78, 5) is 4.03. The van der Waals surface area contributed by atoms with Crippen molar-refractivity contribution in [1.29, 1.82) is 0 Å². The van der Waals surface area contributed by atoms with Crippen LogP contribution < -0.4 is 5.32 Å². The Morgan fingerprint density at radius 2 is 2.25 bits per heavy atom. The molecule has 1 unspecified atom stereocenters. The normalized spacial score (nSPS) is 14.6. The van der Waals surface area contributed by atoms with Gasteiger partial charge in [-0.2, -0.15) is 0 Å². The lowest BCUT2D eigenvalue weighted by Gasteiger charge is -2.27. The number of aryl methyl sites for hydroxylation is 1. The van der Waals surface area contributed by atoms with Gasteiger partial charge in [0, 0.05) is 18.2 Å². The zero-order valence-corrected chi connectivity index (χ0v) is 10.8. The minimum Gasteiger partial charge on any atom is -0.396 e. The van der Waals surface area contributed by atoms with Crippen molar-refractivity contribution in [2.75, 3.05) is 18.5 Å². The minimum absolute atomic E-state index is 0.119. The lowest BCUT2D eigenvalue weighted by Crippen LogP contribution is -2.29. The second kappa shape index (κ2) is 5.51. The van der Waals surface area contributed by atoms with Gasteiger partial charge in [0.2, 0.25) is 0 Å². The van der Waals surface area contributed by atoms with Crippen molar-refractivity contribution in [2.45, 2.75) is 27.2 Å². The van der Waals surface area contributed by atoms with Crippen LogP contribution in [0.3, 0.4) is 0 Å². The van der Waals surface area contributed by atoms with Crippen LogP contribution in [0.4, 0.5) is 5.69 Å². The maximum absolute atomic E-state index is 9.31. The van der Waals surface area contributed by atoms with E-state index in [0.717, 1.165) is 17.7 Å². The molecule has 0 spiro atoms. The molecule has 0 saturated heterocycles. The molecule has 3 nitrogen and oxygen atoms in total. The fraction of sp³-hybridized carbons (Fsp3) is 0.583. The molecule has 0 amide bonds. The number of aromatic nitrogens is 1. The molecule has 0 saturated carbocycles. The number of nitrogens with zero attached hydrogens (tertiary/aromatic N) is 1. The van der Waals surface area contributed by atoms with E-state index in [9.17, 15) is 5.11 Å². The summed E-state index contributed by atoms with van der Waals surface area (Å²) < 4.78 is 0. The molecule has 0 radical (unpaired) electrons. The Bertz CT molecular complexity index is 331. The van der Waals surface area contributed by atoms with Gasteiger partial charge in [-0.3, -0.25) is 0 Å². The lowest BCUT2D eigenvalue weighted by atomic mass is 9.88. The highest BCUT2D eigenvalue weighted by Gasteiger charge is 2.21. The first-order valence-corrected chi connectivity index (χ1v) is 5.86. The van der Waals surface area contributed by atoms with Crippen molar-refractivity contribution < 1.29 is 5.11 Å². The Labute approximate surface area is 102 Å². The van der Waals surface area contributed by atoms with Crippen molar-refractivity contribution in [1.82, 2.24) is 4.98 Å². The molecule has 4 heteroatoms. The monoisotopic (exact) mass is 242 g/mol. The van der Waals surface area contributed by atoms with E-state index >= 15 is 0 Å². The second-order valence-electron chi connectivity index (χ2n) is 4.47. The number of pyridine rings is 1. The Morgan fingerprint density at radius 1 is 1.56 bits per heavy atom. The summed E-state index contributed by atoms with van der Waals surface area (Å²) in [7, 11) is 0. The van der Waals surface area contributed by atoms with Crippen molar-refractivity contribution in [3.63, 3.8) is 0 Å². The number of hydrogen-bond acceptors (Lipinski definition) is 3. The first-order chi connectivity index (χ1) is 7.52. The zero-order valence-electron chi connectivity index (χ0n) is 10.0. The number of anilines is 1.